The number of ether oxygens (including phenoxy) is 1. The van der Waals surface area contributed by atoms with Gasteiger partial charge >= 0.3 is 0 Å². The number of aromatic nitrogens is 2. The van der Waals surface area contributed by atoms with Crippen LogP contribution < -0.4 is 10.1 Å². The molecule has 1 heterocycles. The number of hydrogen-bond donors (Lipinski definition) is 1. The molecular weight excluding hydrogens is 262 g/mol. The molecule has 112 valence electrons. The van der Waals surface area contributed by atoms with Gasteiger partial charge in [-0.3, -0.25) is 0 Å². The molecule has 0 saturated heterocycles. The Morgan fingerprint density at radius 2 is 1.81 bits per heavy atom. The predicted molar refractivity (Wildman–Crippen MR) is 86.3 cm³/mol. The van der Waals surface area contributed by atoms with Gasteiger partial charge in [-0.25, -0.2) is 9.97 Å². The smallest absolute Gasteiger partial charge is 0.227 e. The number of nitrogens with one attached hydrogen (secondary N) is 1. The molecule has 2 rings (SSSR count). The quantitative estimate of drug-likeness (QED) is 0.895. The van der Waals surface area contributed by atoms with E-state index in [4.69, 9.17) is 4.74 Å². The molecule has 0 aliphatic heterocycles. The summed E-state index contributed by atoms with van der Waals surface area (Å²) in [5.74, 6) is 2.38. The van der Waals surface area contributed by atoms with Crippen molar-refractivity contribution >= 4 is 5.82 Å². The van der Waals surface area contributed by atoms with E-state index in [9.17, 15) is 0 Å². The summed E-state index contributed by atoms with van der Waals surface area (Å²) in [6.45, 7) is 8.37. The molecule has 0 aliphatic rings. The minimum absolute atomic E-state index is 0.646. The summed E-state index contributed by atoms with van der Waals surface area (Å²) in [6.07, 6.45) is 3.45. The molecule has 0 aliphatic carbocycles. The number of nitrogens with zero attached hydrogens (tertiary/aromatic N) is 2. The van der Waals surface area contributed by atoms with Crippen LogP contribution >= 0.6 is 0 Å². The number of aryl methyl sites for hydroxylation is 2. The van der Waals surface area contributed by atoms with E-state index in [1.165, 1.54) is 5.56 Å². The lowest BCUT2D eigenvalue weighted by molar-refractivity contribution is 0.447. The Morgan fingerprint density at radius 1 is 1.10 bits per heavy atom. The largest absolute Gasteiger partial charge is 0.438 e. The zero-order valence-electron chi connectivity index (χ0n) is 13.4. The second-order valence-corrected chi connectivity index (χ2v) is 5.26. The zero-order chi connectivity index (χ0) is 15.4. The number of rotatable bonds is 5. The van der Waals surface area contributed by atoms with Crippen molar-refractivity contribution in [1.29, 1.82) is 0 Å². The second kappa shape index (κ2) is 6.57. The third-order valence-corrected chi connectivity index (χ3v) is 3.71. The molecular formula is C17H23N3O. The SMILES string of the molecule is CCCc1c(NC)ncnc1Oc1c(C)ccc(C)c1C. The topological polar surface area (TPSA) is 47.0 Å². The molecule has 1 aromatic carbocycles. The first-order chi connectivity index (χ1) is 10.1. The summed E-state index contributed by atoms with van der Waals surface area (Å²) in [5.41, 5.74) is 4.52. The lowest BCUT2D eigenvalue weighted by Gasteiger charge is -2.16. The van der Waals surface area contributed by atoms with Crippen LogP contribution in [0.2, 0.25) is 0 Å². The van der Waals surface area contributed by atoms with Gasteiger partial charge in [0.1, 0.15) is 17.9 Å². The van der Waals surface area contributed by atoms with Gasteiger partial charge in [0, 0.05) is 7.05 Å². The zero-order valence-corrected chi connectivity index (χ0v) is 13.4. The van der Waals surface area contributed by atoms with Gasteiger partial charge in [0.15, 0.2) is 0 Å². The van der Waals surface area contributed by atoms with Crippen LogP contribution in [0.3, 0.4) is 0 Å². The normalized spacial score (nSPS) is 10.5. The number of anilines is 1. The monoisotopic (exact) mass is 285 g/mol. The van der Waals surface area contributed by atoms with Gasteiger partial charge in [-0.05, 0) is 43.9 Å². The van der Waals surface area contributed by atoms with Gasteiger partial charge in [-0.1, -0.05) is 25.5 Å². The van der Waals surface area contributed by atoms with E-state index < -0.39 is 0 Å². The van der Waals surface area contributed by atoms with Crippen molar-refractivity contribution in [2.75, 3.05) is 12.4 Å². The van der Waals surface area contributed by atoms with E-state index in [1.807, 2.05) is 7.05 Å². The lowest BCUT2D eigenvalue weighted by atomic mass is 10.1. The first-order valence-electron chi connectivity index (χ1n) is 7.34. The lowest BCUT2D eigenvalue weighted by Crippen LogP contribution is -2.04. The molecule has 0 bridgehead atoms. The fourth-order valence-electron chi connectivity index (χ4n) is 2.35. The standard InChI is InChI=1S/C17H23N3O/c1-6-7-14-16(18-5)19-10-20-17(14)21-15-12(3)9-8-11(2)13(15)4/h8-10H,6-7H2,1-5H3,(H,18,19,20). The summed E-state index contributed by atoms with van der Waals surface area (Å²) >= 11 is 0. The summed E-state index contributed by atoms with van der Waals surface area (Å²) in [7, 11) is 1.87. The van der Waals surface area contributed by atoms with E-state index in [2.05, 4.69) is 55.1 Å². The Kier molecular flexibility index (Phi) is 4.78. The van der Waals surface area contributed by atoms with E-state index in [1.54, 1.807) is 6.33 Å². The number of hydrogen-bond acceptors (Lipinski definition) is 4. The Hall–Kier alpha value is -2.10. The molecule has 0 fully saturated rings. The van der Waals surface area contributed by atoms with Gasteiger partial charge in [0.25, 0.3) is 0 Å². The minimum atomic E-state index is 0.646. The summed E-state index contributed by atoms with van der Waals surface area (Å²) in [4.78, 5) is 8.62. The molecule has 4 heteroatoms. The third kappa shape index (κ3) is 3.15. The first-order valence-corrected chi connectivity index (χ1v) is 7.34. The van der Waals surface area contributed by atoms with Gasteiger partial charge in [-0.15, -0.1) is 0 Å². The van der Waals surface area contributed by atoms with Crippen molar-refractivity contribution in [3.8, 4) is 11.6 Å². The van der Waals surface area contributed by atoms with Crippen LogP contribution in [0.4, 0.5) is 5.82 Å². The molecule has 0 saturated carbocycles. The maximum Gasteiger partial charge on any atom is 0.227 e. The summed E-state index contributed by atoms with van der Waals surface area (Å²) in [5, 5.41) is 3.12. The summed E-state index contributed by atoms with van der Waals surface area (Å²) in [6, 6.07) is 4.20. The van der Waals surface area contributed by atoms with Crippen molar-refractivity contribution in [2.24, 2.45) is 0 Å². The highest BCUT2D eigenvalue weighted by atomic mass is 16.5. The van der Waals surface area contributed by atoms with E-state index in [0.717, 1.165) is 41.1 Å². The van der Waals surface area contributed by atoms with Crippen LogP contribution in [0.25, 0.3) is 0 Å². The van der Waals surface area contributed by atoms with Crippen LogP contribution in [0.1, 0.15) is 35.6 Å². The molecule has 0 radical (unpaired) electrons. The van der Waals surface area contributed by atoms with Crippen LogP contribution in [0.15, 0.2) is 18.5 Å². The average Bonchev–Trinajstić information content (AvgIpc) is 2.49. The highest BCUT2D eigenvalue weighted by Gasteiger charge is 2.15. The van der Waals surface area contributed by atoms with Crippen molar-refractivity contribution in [3.05, 3.63) is 40.7 Å². The molecule has 1 N–H and O–H groups in total. The average molecular weight is 285 g/mol. The van der Waals surface area contributed by atoms with Crippen LogP contribution in [0.5, 0.6) is 11.6 Å². The molecule has 0 unspecified atom stereocenters. The highest BCUT2D eigenvalue weighted by Crippen LogP contribution is 2.33. The molecule has 21 heavy (non-hydrogen) atoms. The molecule has 0 amide bonds. The third-order valence-electron chi connectivity index (χ3n) is 3.71. The van der Waals surface area contributed by atoms with E-state index >= 15 is 0 Å². The minimum Gasteiger partial charge on any atom is -0.438 e. The van der Waals surface area contributed by atoms with Crippen LogP contribution in [0, 0.1) is 20.8 Å². The Labute approximate surface area is 126 Å². The van der Waals surface area contributed by atoms with Gasteiger partial charge in [0.05, 0.1) is 5.56 Å². The maximum atomic E-state index is 6.16. The molecule has 2 aromatic rings. The van der Waals surface area contributed by atoms with Crippen molar-refractivity contribution < 1.29 is 4.74 Å². The fourth-order valence-corrected chi connectivity index (χ4v) is 2.35. The van der Waals surface area contributed by atoms with Crippen molar-refractivity contribution in [1.82, 2.24) is 9.97 Å². The van der Waals surface area contributed by atoms with Crippen LogP contribution in [-0.2, 0) is 6.42 Å². The van der Waals surface area contributed by atoms with Crippen molar-refractivity contribution in [3.63, 3.8) is 0 Å². The molecule has 1 aromatic heterocycles. The number of benzene rings is 1. The van der Waals surface area contributed by atoms with Crippen molar-refractivity contribution in [2.45, 2.75) is 40.5 Å². The fraction of sp³-hybridized carbons (Fsp3) is 0.412. The van der Waals surface area contributed by atoms with Gasteiger partial charge in [0.2, 0.25) is 5.88 Å². The molecule has 4 nitrogen and oxygen atoms in total. The Bertz CT molecular complexity index is 638. The first kappa shape index (κ1) is 15.3. The van der Waals surface area contributed by atoms with E-state index in [-0.39, 0.29) is 0 Å². The van der Waals surface area contributed by atoms with Crippen LogP contribution in [-0.4, -0.2) is 17.0 Å². The van der Waals surface area contributed by atoms with Gasteiger partial charge < -0.3 is 10.1 Å². The highest BCUT2D eigenvalue weighted by molar-refractivity contribution is 5.52. The van der Waals surface area contributed by atoms with Gasteiger partial charge in [-0.2, -0.15) is 0 Å². The second-order valence-electron chi connectivity index (χ2n) is 5.26. The molecule has 0 spiro atoms. The Morgan fingerprint density at radius 3 is 2.48 bits per heavy atom. The molecule has 0 atom stereocenters. The Balaban J connectivity index is 2.47. The maximum absolute atomic E-state index is 6.16. The summed E-state index contributed by atoms with van der Waals surface area (Å²) < 4.78 is 6.16. The predicted octanol–water partition coefficient (Wildman–Crippen LogP) is 4.19. The van der Waals surface area contributed by atoms with E-state index in [0.29, 0.717) is 5.88 Å².